The zero-order chi connectivity index (χ0) is 15.3. The zero-order valence-electron chi connectivity index (χ0n) is 13.3. The first kappa shape index (κ1) is 18.9. The van der Waals surface area contributed by atoms with Crippen LogP contribution >= 0.6 is 12.4 Å². The monoisotopic (exact) mass is 327 g/mol. The molecule has 1 aliphatic heterocycles. The number of rotatable bonds is 5. The van der Waals surface area contributed by atoms with Crippen LogP contribution < -0.4 is 11.1 Å². The van der Waals surface area contributed by atoms with Gasteiger partial charge in [-0.15, -0.1) is 12.4 Å². The molecule has 22 heavy (non-hydrogen) atoms. The van der Waals surface area contributed by atoms with Crippen molar-refractivity contribution in [2.24, 2.45) is 5.73 Å². The minimum absolute atomic E-state index is 0. The van der Waals surface area contributed by atoms with E-state index in [4.69, 9.17) is 10.5 Å². The van der Waals surface area contributed by atoms with E-state index in [9.17, 15) is 4.79 Å². The molecule has 0 aromatic heterocycles. The Morgan fingerprint density at radius 1 is 1.36 bits per heavy atom. The van der Waals surface area contributed by atoms with Gasteiger partial charge in [0.25, 0.3) is 5.91 Å². The lowest BCUT2D eigenvalue weighted by atomic mass is 10.0. The van der Waals surface area contributed by atoms with E-state index in [1.165, 1.54) is 0 Å². The molecule has 0 radical (unpaired) electrons. The predicted octanol–water partition coefficient (Wildman–Crippen LogP) is 1.41. The Morgan fingerprint density at radius 2 is 2.05 bits per heavy atom. The molecule has 6 heteroatoms. The number of carbonyl (C=O) groups is 1. The van der Waals surface area contributed by atoms with Crippen molar-refractivity contribution in [2.45, 2.75) is 25.9 Å². The molecule has 0 aliphatic carbocycles. The molecular formula is C16H26ClN3O2. The van der Waals surface area contributed by atoms with Gasteiger partial charge in [0.05, 0.1) is 13.2 Å². The third kappa shape index (κ3) is 4.95. The number of hydrogen-bond acceptors (Lipinski definition) is 4. The highest BCUT2D eigenvalue weighted by Crippen LogP contribution is 2.17. The van der Waals surface area contributed by atoms with Gasteiger partial charge in [0.15, 0.2) is 0 Å². The van der Waals surface area contributed by atoms with Crippen LogP contribution in [0.2, 0.25) is 0 Å². The number of nitrogens with one attached hydrogen (secondary N) is 1. The summed E-state index contributed by atoms with van der Waals surface area (Å²) in [5.41, 5.74) is 7.29. The van der Waals surface area contributed by atoms with Gasteiger partial charge in [0.1, 0.15) is 0 Å². The molecule has 2 rings (SSSR count). The van der Waals surface area contributed by atoms with E-state index in [-0.39, 0.29) is 23.9 Å². The van der Waals surface area contributed by atoms with Crippen LogP contribution in [0, 0.1) is 0 Å². The summed E-state index contributed by atoms with van der Waals surface area (Å²) in [5, 5.41) is 2.97. The molecule has 1 amide bonds. The van der Waals surface area contributed by atoms with Gasteiger partial charge < -0.3 is 15.8 Å². The van der Waals surface area contributed by atoms with Crippen LogP contribution in [-0.4, -0.2) is 49.2 Å². The lowest BCUT2D eigenvalue weighted by Crippen LogP contribution is -2.54. The van der Waals surface area contributed by atoms with Gasteiger partial charge in [-0.25, -0.2) is 0 Å². The average Bonchev–Trinajstić information content (AvgIpc) is 2.48. The molecular weight excluding hydrogens is 302 g/mol. The molecule has 1 aromatic rings. The number of amides is 1. The number of morpholine rings is 1. The fourth-order valence-corrected chi connectivity index (χ4v) is 2.50. The van der Waals surface area contributed by atoms with Gasteiger partial charge in [0, 0.05) is 37.3 Å². The Hall–Kier alpha value is -1.14. The van der Waals surface area contributed by atoms with Gasteiger partial charge >= 0.3 is 0 Å². The average molecular weight is 328 g/mol. The Kier molecular flexibility index (Phi) is 7.29. The highest BCUT2D eigenvalue weighted by atomic mass is 35.5. The zero-order valence-corrected chi connectivity index (χ0v) is 14.1. The fraction of sp³-hybridized carbons (Fsp3) is 0.562. The molecule has 0 atom stereocenters. The second-order valence-corrected chi connectivity index (χ2v) is 6.01. The smallest absolute Gasteiger partial charge is 0.251 e. The topological polar surface area (TPSA) is 67.6 Å². The number of nitrogens with zero attached hydrogens (tertiary/aromatic N) is 1. The van der Waals surface area contributed by atoms with E-state index in [1.807, 2.05) is 24.3 Å². The van der Waals surface area contributed by atoms with Crippen molar-refractivity contribution in [1.29, 1.82) is 0 Å². The van der Waals surface area contributed by atoms with Crippen LogP contribution in [0.3, 0.4) is 0 Å². The van der Waals surface area contributed by atoms with Crippen LogP contribution in [0.25, 0.3) is 0 Å². The summed E-state index contributed by atoms with van der Waals surface area (Å²) in [5.74, 6) is -0.0374. The van der Waals surface area contributed by atoms with Gasteiger partial charge in [-0.2, -0.15) is 0 Å². The molecule has 0 spiro atoms. The van der Waals surface area contributed by atoms with Crippen molar-refractivity contribution in [3.63, 3.8) is 0 Å². The number of halogens is 1. The maximum atomic E-state index is 12.1. The standard InChI is InChI=1S/C16H25N3O2.ClH/c1-16(2)12-21-10-9-19(16)8-7-18-15(20)14-5-3-13(11-17)4-6-14;/h3-6H,7-12,17H2,1-2H3,(H,18,20);1H. The molecule has 0 unspecified atom stereocenters. The SMILES string of the molecule is CC1(C)COCCN1CCNC(=O)c1ccc(CN)cc1.Cl. The Labute approximate surface area is 138 Å². The van der Waals surface area contributed by atoms with Crippen molar-refractivity contribution >= 4 is 18.3 Å². The number of carbonyl (C=O) groups excluding carboxylic acids is 1. The molecule has 1 fully saturated rings. The van der Waals surface area contributed by atoms with Crippen LogP contribution in [0.15, 0.2) is 24.3 Å². The van der Waals surface area contributed by atoms with Gasteiger partial charge in [0.2, 0.25) is 0 Å². The molecule has 0 saturated carbocycles. The van der Waals surface area contributed by atoms with Gasteiger partial charge in [-0.1, -0.05) is 12.1 Å². The quantitative estimate of drug-likeness (QED) is 0.858. The molecule has 0 bridgehead atoms. The van der Waals surface area contributed by atoms with Crippen LogP contribution in [0.1, 0.15) is 29.8 Å². The van der Waals surface area contributed by atoms with E-state index in [1.54, 1.807) is 0 Å². The third-order valence-corrected chi connectivity index (χ3v) is 3.94. The maximum Gasteiger partial charge on any atom is 0.251 e. The van der Waals surface area contributed by atoms with Crippen molar-refractivity contribution in [2.75, 3.05) is 32.8 Å². The molecule has 1 aliphatic rings. The minimum Gasteiger partial charge on any atom is -0.378 e. The minimum atomic E-state index is -0.0374. The highest BCUT2D eigenvalue weighted by molar-refractivity contribution is 5.94. The summed E-state index contributed by atoms with van der Waals surface area (Å²) in [6.45, 7) is 8.71. The highest BCUT2D eigenvalue weighted by Gasteiger charge is 2.29. The molecule has 1 aromatic carbocycles. The Balaban J connectivity index is 0.00000242. The molecule has 1 heterocycles. The summed E-state index contributed by atoms with van der Waals surface area (Å²) >= 11 is 0. The third-order valence-electron chi connectivity index (χ3n) is 3.94. The van der Waals surface area contributed by atoms with Gasteiger partial charge in [-0.3, -0.25) is 9.69 Å². The second-order valence-electron chi connectivity index (χ2n) is 6.01. The first-order chi connectivity index (χ1) is 10.0. The van der Waals surface area contributed by atoms with Crippen LogP contribution in [0.5, 0.6) is 0 Å². The van der Waals surface area contributed by atoms with Crippen molar-refractivity contribution in [1.82, 2.24) is 10.2 Å². The normalized spacial score (nSPS) is 17.6. The van der Waals surface area contributed by atoms with Crippen molar-refractivity contribution in [3.8, 4) is 0 Å². The molecule has 5 nitrogen and oxygen atoms in total. The first-order valence-electron chi connectivity index (χ1n) is 7.43. The Bertz CT molecular complexity index is 477. The molecule has 3 N–H and O–H groups in total. The van der Waals surface area contributed by atoms with E-state index in [0.29, 0.717) is 18.7 Å². The summed E-state index contributed by atoms with van der Waals surface area (Å²) in [7, 11) is 0. The lowest BCUT2D eigenvalue weighted by Gasteiger charge is -2.42. The fourth-order valence-electron chi connectivity index (χ4n) is 2.50. The summed E-state index contributed by atoms with van der Waals surface area (Å²) < 4.78 is 5.49. The first-order valence-corrected chi connectivity index (χ1v) is 7.43. The predicted molar refractivity (Wildman–Crippen MR) is 90.4 cm³/mol. The molecule has 124 valence electrons. The number of hydrogen-bond donors (Lipinski definition) is 2. The molecule has 1 saturated heterocycles. The van der Waals surface area contributed by atoms with Crippen LogP contribution in [-0.2, 0) is 11.3 Å². The van der Waals surface area contributed by atoms with Crippen LogP contribution in [0.4, 0.5) is 0 Å². The van der Waals surface area contributed by atoms with E-state index in [0.717, 1.165) is 31.9 Å². The largest absolute Gasteiger partial charge is 0.378 e. The van der Waals surface area contributed by atoms with E-state index >= 15 is 0 Å². The Morgan fingerprint density at radius 3 is 2.64 bits per heavy atom. The second kappa shape index (κ2) is 8.48. The summed E-state index contributed by atoms with van der Waals surface area (Å²) in [4.78, 5) is 14.4. The van der Waals surface area contributed by atoms with E-state index < -0.39 is 0 Å². The number of nitrogens with two attached hydrogens (primary N) is 1. The summed E-state index contributed by atoms with van der Waals surface area (Å²) in [6.07, 6.45) is 0. The van der Waals surface area contributed by atoms with Gasteiger partial charge in [-0.05, 0) is 31.5 Å². The maximum absolute atomic E-state index is 12.1. The van der Waals surface area contributed by atoms with Crippen molar-refractivity contribution in [3.05, 3.63) is 35.4 Å². The number of ether oxygens (including phenoxy) is 1. The summed E-state index contributed by atoms with van der Waals surface area (Å²) in [6, 6.07) is 7.41. The van der Waals surface area contributed by atoms with Crippen molar-refractivity contribution < 1.29 is 9.53 Å². The van der Waals surface area contributed by atoms with E-state index in [2.05, 4.69) is 24.1 Å². The number of benzene rings is 1. The lowest BCUT2D eigenvalue weighted by molar-refractivity contribution is -0.0498.